The standard InChI is InChI=1S/C22H17F6N3O2S/c23-21(24,25)12-7-13(22(26,27)28)9-14(8-12)30-20-31-19(33)17(34-20)10-16(32)18-15-4-2-1-3-11(15)5-6-29-18/h1-3,7-9,17,29H,4-6,10H2,(H,30,31,33). The van der Waals surface area contributed by atoms with Gasteiger partial charge in [0.15, 0.2) is 11.0 Å². The average molecular weight is 501 g/mol. The summed E-state index contributed by atoms with van der Waals surface area (Å²) < 4.78 is 78.4. The van der Waals surface area contributed by atoms with Crippen molar-refractivity contribution in [3.05, 3.63) is 64.4 Å². The lowest BCUT2D eigenvalue weighted by atomic mass is 9.89. The van der Waals surface area contributed by atoms with Gasteiger partial charge in [0, 0.05) is 13.0 Å². The van der Waals surface area contributed by atoms with Crippen LogP contribution >= 0.6 is 11.8 Å². The summed E-state index contributed by atoms with van der Waals surface area (Å²) in [5.74, 6) is -0.899. The number of Topliss-reactive ketones (excluding diaryl/α,β-unsaturated/α-hetero) is 1. The average Bonchev–Trinajstić information content (AvgIpc) is 3.10. The number of benzene rings is 1. The predicted molar refractivity (Wildman–Crippen MR) is 114 cm³/mol. The zero-order chi connectivity index (χ0) is 24.7. The minimum absolute atomic E-state index is 0.000742. The molecular formula is C22H17F6N3O2S. The van der Waals surface area contributed by atoms with Gasteiger partial charge in [-0.25, -0.2) is 4.99 Å². The SMILES string of the molecule is O=C(CC1SC(=Nc2cc(C(F)(F)F)cc(C(F)(F)F)c2)NC1=O)C1=C2CC=CC=C2CCN1. The number of hydrogen-bond donors (Lipinski definition) is 2. The molecule has 0 spiro atoms. The van der Waals surface area contributed by atoms with Crippen molar-refractivity contribution in [1.29, 1.82) is 0 Å². The van der Waals surface area contributed by atoms with Crippen molar-refractivity contribution in [2.24, 2.45) is 4.99 Å². The first-order valence-electron chi connectivity index (χ1n) is 10.1. The number of nitrogens with zero attached hydrogens (tertiary/aromatic N) is 1. The first-order valence-corrected chi connectivity index (χ1v) is 11.0. The van der Waals surface area contributed by atoms with Crippen LogP contribution in [0.2, 0.25) is 0 Å². The maximum atomic E-state index is 13.1. The highest BCUT2D eigenvalue weighted by molar-refractivity contribution is 8.15. The minimum Gasteiger partial charge on any atom is -0.382 e. The molecule has 0 radical (unpaired) electrons. The Kier molecular flexibility index (Phi) is 6.36. The molecule has 1 saturated heterocycles. The molecule has 34 heavy (non-hydrogen) atoms. The van der Waals surface area contributed by atoms with Crippen molar-refractivity contribution in [2.75, 3.05) is 6.54 Å². The molecule has 1 unspecified atom stereocenters. The van der Waals surface area contributed by atoms with Gasteiger partial charge < -0.3 is 10.6 Å². The van der Waals surface area contributed by atoms with Crippen LogP contribution in [0.3, 0.4) is 0 Å². The third-order valence-corrected chi connectivity index (χ3v) is 6.45. The number of halogens is 6. The molecule has 1 atom stereocenters. The highest BCUT2D eigenvalue weighted by Gasteiger charge is 2.38. The number of amidine groups is 1. The number of carbonyl (C=O) groups is 2. The van der Waals surface area contributed by atoms with Gasteiger partial charge in [0.2, 0.25) is 5.91 Å². The molecule has 1 aromatic rings. The van der Waals surface area contributed by atoms with Crippen LogP contribution in [0.15, 0.2) is 58.3 Å². The molecule has 3 aliphatic rings. The van der Waals surface area contributed by atoms with Crippen LogP contribution in [-0.4, -0.2) is 28.7 Å². The molecule has 1 amide bonds. The Bertz CT molecular complexity index is 1130. The molecule has 1 aromatic carbocycles. The third-order valence-electron chi connectivity index (χ3n) is 5.37. The van der Waals surface area contributed by atoms with Gasteiger partial charge in [-0.1, -0.05) is 30.0 Å². The Morgan fingerprint density at radius 1 is 1.09 bits per heavy atom. The van der Waals surface area contributed by atoms with E-state index < -0.39 is 40.3 Å². The number of thioether (sulfide) groups is 1. The summed E-state index contributed by atoms with van der Waals surface area (Å²) in [7, 11) is 0. The molecule has 4 rings (SSSR count). The molecule has 0 saturated carbocycles. The number of fused-ring (bicyclic) bond motifs is 1. The number of allylic oxidation sites excluding steroid dienone is 5. The number of ketones is 1. The van der Waals surface area contributed by atoms with Crippen LogP contribution < -0.4 is 10.6 Å². The number of nitrogens with one attached hydrogen (secondary N) is 2. The van der Waals surface area contributed by atoms with Gasteiger partial charge in [-0.2, -0.15) is 26.3 Å². The van der Waals surface area contributed by atoms with Gasteiger partial charge in [-0.15, -0.1) is 0 Å². The molecular weight excluding hydrogens is 484 g/mol. The molecule has 2 aliphatic heterocycles. The number of amides is 1. The van der Waals surface area contributed by atoms with Crippen molar-refractivity contribution in [3.8, 4) is 0 Å². The molecule has 0 bridgehead atoms. The third kappa shape index (κ3) is 5.21. The zero-order valence-electron chi connectivity index (χ0n) is 17.3. The van der Waals surface area contributed by atoms with Crippen LogP contribution in [0.1, 0.15) is 30.4 Å². The fraction of sp³-hybridized carbons (Fsp3) is 0.318. The van der Waals surface area contributed by atoms with Crippen molar-refractivity contribution in [2.45, 2.75) is 36.9 Å². The Balaban J connectivity index is 1.54. The molecule has 180 valence electrons. The largest absolute Gasteiger partial charge is 0.416 e. The Labute approximate surface area is 194 Å². The first kappa shape index (κ1) is 24.1. The Hall–Kier alpha value is -3.02. The molecule has 1 fully saturated rings. The summed E-state index contributed by atoms with van der Waals surface area (Å²) in [5.41, 5.74) is -1.30. The molecule has 2 heterocycles. The second kappa shape index (κ2) is 8.97. The fourth-order valence-corrected chi connectivity index (χ4v) is 4.77. The second-order valence-electron chi connectivity index (χ2n) is 7.76. The van der Waals surface area contributed by atoms with E-state index in [-0.39, 0.29) is 23.4 Å². The van der Waals surface area contributed by atoms with E-state index in [1.165, 1.54) is 0 Å². The lowest BCUT2D eigenvalue weighted by molar-refractivity contribution is -0.143. The van der Waals surface area contributed by atoms with Crippen LogP contribution in [0.25, 0.3) is 0 Å². The second-order valence-corrected chi connectivity index (χ2v) is 8.95. The quantitative estimate of drug-likeness (QED) is 0.568. The summed E-state index contributed by atoms with van der Waals surface area (Å²) in [6.45, 7) is 0.568. The molecule has 0 aromatic heterocycles. The van der Waals surface area contributed by atoms with Crippen LogP contribution in [0, 0.1) is 0 Å². The number of aliphatic imine (C=N–C) groups is 1. The Morgan fingerprint density at radius 2 is 1.76 bits per heavy atom. The molecule has 1 aliphatic carbocycles. The van der Waals surface area contributed by atoms with Gasteiger partial charge >= 0.3 is 12.4 Å². The topological polar surface area (TPSA) is 70.6 Å². The fourth-order valence-electron chi connectivity index (χ4n) is 3.78. The van der Waals surface area contributed by atoms with E-state index in [9.17, 15) is 35.9 Å². The van der Waals surface area contributed by atoms with Gasteiger partial charge in [0.05, 0.1) is 27.8 Å². The molecule has 2 N–H and O–H groups in total. The predicted octanol–water partition coefficient (Wildman–Crippen LogP) is 5.04. The normalized spacial score (nSPS) is 21.8. The van der Waals surface area contributed by atoms with E-state index >= 15 is 0 Å². The lowest BCUT2D eigenvalue weighted by Gasteiger charge is -2.25. The Morgan fingerprint density at radius 3 is 2.41 bits per heavy atom. The van der Waals surface area contributed by atoms with E-state index in [1.54, 1.807) is 0 Å². The van der Waals surface area contributed by atoms with E-state index in [0.717, 1.165) is 29.3 Å². The van der Waals surface area contributed by atoms with Gasteiger partial charge in [0.1, 0.15) is 0 Å². The first-order chi connectivity index (χ1) is 15.9. The number of carbonyl (C=O) groups excluding carboxylic acids is 2. The number of alkyl halides is 6. The maximum Gasteiger partial charge on any atom is 0.416 e. The zero-order valence-corrected chi connectivity index (χ0v) is 18.1. The van der Waals surface area contributed by atoms with E-state index in [2.05, 4.69) is 15.6 Å². The molecule has 5 nitrogen and oxygen atoms in total. The summed E-state index contributed by atoms with van der Waals surface area (Å²) in [6, 6.07) is 0.938. The smallest absolute Gasteiger partial charge is 0.382 e. The van der Waals surface area contributed by atoms with Crippen molar-refractivity contribution < 1.29 is 35.9 Å². The van der Waals surface area contributed by atoms with Crippen LogP contribution in [-0.2, 0) is 21.9 Å². The summed E-state index contributed by atoms with van der Waals surface area (Å²) >= 11 is 0.789. The highest BCUT2D eigenvalue weighted by Crippen LogP contribution is 2.39. The van der Waals surface area contributed by atoms with Crippen molar-refractivity contribution in [1.82, 2.24) is 10.6 Å². The monoisotopic (exact) mass is 501 g/mol. The van der Waals surface area contributed by atoms with E-state index in [0.29, 0.717) is 30.8 Å². The van der Waals surface area contributed by atoms with Crippen LogP contribution in [0.5, 0.6) is 0 Å². The summed E-state index contributed by atoms with van der Waals surface area (Å²) in [5, 5.41) is 4.31. The van der Waals surface area contributed by atoms with E-state index in [1.807, 2.05) is 18.2 Å². The number of hydrogen-bond acceptors (Lipinski definition) is 5. The number of rotatable bonds is 4. The van der Waals surface area contributed by atoms with Gasteiger partial charge in [0.25, 0.3) is 0 Å². The summed E-state index contributed by atoms with van der Waals surface area (Å²) in [6.07, 6.45) is -3.13. The van der Waals surface area contributed by atoms with Gasteiger partial charge in [-0.05, 0) is 42.2 Å². The van der Waals surface area contributed by atoms with Crippen LogP contribution in [0.4, 0.5) is 32.0 Å². The molecule has 12 heteroatoms. The lowest BCUT2D eigenvalue weighted by Crippen LogP contribution is -2.32. The summed E-state index contributed by atoms with van der Waals surface area (Å²) in [4.78, 5) is 29.0. The van der Waals surface area contributed by atoms with Crippen molar-refractivity contribution >= 4 is 34.3 Å². The van der Waals surface area contributed by atoms with E-state index in [4.69, 9.17) is 0 Å². The highest BCUT2D eigenvalue weighted by atomic mass is 32.2. The van der Waals surface area contributed by atoms with Gasteiger partial charge in [-0.3, -0.25) is 9.59 Å². The maximum absolute atomic E-state index is 13.1. The van der Waals surface area contributed by atoms with Crippen molar-refractivity contribution in [3.63, 3.8) is 0 Å². The minimum atomic E-state index is -5.01.